The van der Waals surface area contributed by atoms with Gasteiger partial charge in [-0.2, -0.15) is 0 Å². The molecular formula is C16H23N3O2S. The standard InChI is InChI=1S/C16H23N3O2S/c1-11-8-19(6-5-17-11)9-13(20)10-21-14-3-4-16-15(7-14)18-12(2)22-16/h3-4,7,11,13,17,20H,5-6,8-10H2,1-2H3/t11-,13-/m0/s1. The van der Waals surface area contributed by atoms with Crippen molar-refractivity contribution < 1.29 is 9.84 Å². The Hall–Kier alpha value is -1.21. The van der Waals surface area contributed by atoms with E-state index in [9.17, 15) is 5.11 Å². The van der Waals surface area contributed by atoms with Crippen LogP contribution in [0, 0.1) is 6.92 Å². The fraction of sp³-hybridized carbons (Fsp3) is 0.562. The summed E-state index contributed by atoms with van der Waals surface area (Å²) in [4.78, 5) is 6.74. The van der Waals surface area contributed by atoms with Gasteiger partial charge in [-0.05, 0) is 26.0 Å². The maximum absolute atomic E-state index is 10.2. The summed E-state index contributed by atoms with van der Waals surface area (Å²) in [5.74, 6) is 0.769. The van der Waals surface area contributed by atoms with Crippen LogP contribution in [0.2, 0.25) is 0 Å². The van der Waals surface area contributed by atoms with E-state index >= 15 is 0 Å². The molecule has 0 spiro atoms. The van der Waals surface area contributed by atoms with Crippen LogP contribution in [0.15, 0.2) is 18.2 Å². The fourth-order valence-corrected chi connectivity index (χ4v) is 3.64. The van der Waals surface area contributed by atoms with Gasteiger partial charge in [-0.3, -0.25) is 4.90 Å². The lowest BCUT2D eigenvalue weighted by Gasteiger charge is -2.33. The summed E-state index contributed by atoms with van der Waals surface area (Å²) in [6, 6.07) is 6.40. The topological polar surface area (TPSA) is 57.6 Å². The van der Waals surface area contributed by atoms with E-state index in [0.29, 0.717) is 19.2 Å². The molecule has 1 aromatic heterocycles. The zero-order chi connectivity index (χ0) is 15.5. The van der Waals surface area contributed by atoms with Crippen LogP contribution in [-0.4, -0.2) is 59.9 Å². The van der Waals surface area contributed by atoms with E-state index in [2.05, 4.69) is 22.1 Å². The van der Waals surface area contributed by atoms with Crippen LogP contribution in [0.5, 0.6) is 5.75 Å². The normalized spacial score (nSPS) is 21.1. The minimum absolute atomic E-state index is 0.312. The summed E-state index contributed by atoms with van der Waals surface area (Å²) in [7, 11) is 0. The molecule has 2 atom stereocenters. The quantitative estimate of drug-likeness (QED) is 0.877. The lowest BCUT2D eigenvalue weighted by molar-refractivity contribution is 0.0589. The zero-order valence-corrected chi connectivity index (χ0v) is 13.9. The number of fused-ring (bicyclic) bond motifs is 1. The van der Waals surface area contributed by atoms with Gasteiger partial charge in [0.2, 0.25) is 0 Å². The molecule has 1 aliphatic rings. The molecular weight excluding hydrogens is 298 g/mol. The van der Waals surface area contributed by atoms with Crippen molar-refractivity contribution in [1.29, 1.82) is 0 Å². The third-order valence-electron chi connectivity index (χ3n) is 3.83. The minimum Gasteiger partial charge on any atom is -0.491 e. The SMILES string of the molecule is Cc1nc2cc(OC[C@@H](O)CN3CCN[C@@H](C)C3)ccc2s1. The number of hydrogen-bond acceptors (Lipinski definition) is 6. The zero-order valence-electron chi connectivity index (χ0n) is 13.1. The predicted molar refractivity (Wildman–Crippen MR) is 89.8 cm³/mol. The molecule has 0 amide bonds. The first-order valence-electron chi connectivity index (χ1n) is 7.74. The number of nitrogens with one attached hydrogen (secondary N) is 1. The first-order valence-corrected chi connectivity index (χ1v) is 8.55. The lowest BCUT2D eigenvalue weighted by Crippen LogP contribution is -2.51. The van der Waals surface area contributed by atoms with Crippen LogP contribution in [0.3, 0.4) is 0 Å². The molecule has 0 radical (unpaired) electrons. The van der Waals surface area contributed by atoms with Crippen LogP contribution in [0.1, 0.15) is 11.9 Å². The highest BCUT2D eigenvalue weighted by atomic mass is 32.1. The molecule has 22 heavy (non-hydrogen) atoms. The summed E-state index contributed by atoms with van der Waals surface area (Å²) < 4.78 is 6.89. The Bertz CT molecular complexity index is 631. The number of aliphatic hydroxyl groups excluding tert-OH is 1. The molecule has 2 heterocycles. The summed E-state index contributed by atoms with van der Waals surface area (Å²) in [5.41, 5.74) is 0.963. The number of aromatic nitrogens is 1. The smallest absolute Gasteiger partial charge is 0.121 e. The van der Waals surface area contributed by atoms with Gasteiger partial charge in [0.15, 0.2) is 0 Å². The highest BCUT2D eigenvalue weighted by Crippen LogP contribution is 2.25. The highest BCUT2D eigenvalue weighted by molar-refractivity contribution is 7.18. The van der Waals surface area contributed by atoms with E-state index in [1.165, 1.54) is 4.70 Å². The van der Waals surface area contributed by atoms with Gasteiger partial charge < -0.3 is 15.2 Å². The Balaban J connectivity index is 1.51. The molecule has 2 aromatic rings. The Morgan fingerprint density at radius 3 is 3.23 bits per heavy atom. The van der Waals surface area contributed by atoms with E-state index in [4.69, 9.17) is 4.74 Å². The Kier molecular flexibility index (Phi) is 4.93. The molecule has 120 valence electrons. The van der Waals surface area contributed by atoms with Gasteiger partial charge in [-0.15, -0.1) is 11.3 Å². The Morgan fingerprint density at radius 2 is 2.41 bits per heavy atom. The van der Waals surface area contributed by atoms with Crippen molar-refractivity contribution in [2.24, 2.45) is 0 Å². The van der Waals surface area contributed by atoms with Gasteiger partial charge in [0, 0.05) is 38.3 Å². The van der Waals surface area contributed by atoms with Crippen molar-refractivity contribution in [2.75, 3.05) is 32.8 Å². The number of β-amino-alcohol motifs (C(OH)–C–C–N with tert-alkyl or cyclic N) is 1. The molecule has 1 aromatic carbocycles. The van der Waals surface area contributed by atoms with Gasteiger partial charge in [-0.1, -0.05) is 0 Å². The first kappa shape index (κ1) is 15.7. The summed E-state index contributed by atoms with van der Waals surface area (Å²) >= 11 is 1.68. The number of benzene rings is 1. The van der Waals surface area contributed by atoms with Gasteiger partial charge >= 0.3 is 0 Å². The number of aryl methyl sites for hydroxylation is 1. The second kappa shape index (κ2) is 6.91. The maximum atomic E-state index is 10.2. The van der Waals surface area contributed by atoms with Gasteiger partial charge in [-0.25, -0.2) is 4.98 Å². The van der Waals surface area contributed by atoms with E-state index in [1.807, 2.05) is 25.1 Å². The molecule has 5 nitrogen and oxygen atoms in total. The first-order chi connectivity index (χ1) is 10.6. The van der Waals surface area contributed by atoms with E-state index in [-0.39, 0.29) is 0 Å². The molecule has 2 N–H and O–H groups in total. The third-order valence-corrected chi connectivity index (χ3v) is 4.78. The molecule has 0 aliphatic carbocycles. The van der Waals surface area contributed by atoms with Crippen LogP contribution in [0.25, 0.3) is 10.2 Å². The highest BCUT2D eigenvalue weighted by Gasteiger charge is 2.18. The molecule has 1 saturated heterocycles. The molecule has 1 fully saturated rings. The number of nitrogens with zero attached hydrogens (tertiary/aromatic N) is 2. The number of aliphatic hydroxyl groups is 1. The largest absolute Gasteiger partial charge is 0.491 e. The van der Waals surface area contributed by atoms with Crippen molar-refractivity contribution in [3.05, 3.63) is 23.2 Å². The molecule has 0 bridgehead atoms. The summed E-state index contributed by atoms with van der Waals surface area (Å²) in [6.45, 7) is 8.07. The van der Waals surface area contributed by atoms with E-state index < -0.39 is 6.10 Å². The monoisotopic (exact) mass is 321 g/mol. The van der Waals surface area contributed by atoms with Gasteiger partial charge in [0.25, 0.3) is 0 Å². The summed E-state index contributed by atoms with van der Waals surface area (Å²) in [6.07, 6.45) is -0.474. The van der Waals surface area contributed by atoms with Crippen LogP contribution < -0.4 is 10.1 Å². The number of thiazole rings is 1. The van der Waals surface area contributed by atoms with E-state index in [1.54, 1.807) is 11.3 Å². The molecule has 6 heteroatoms. The van der Waals surface area contributed by atoms with Crippen LogP contribution in [0.4, 0.5) is 0 Å². The average Bonchev–Trinajstić information content (AvgIpc) is 2.84. The number of rotatable bonds is 5. The predicted octanol–water partition coefficient (Wildman–Crippen LogP) is 1.64. The van der Waals surface area contributed by atoms with Crippen molar-refractivity contribution >= 4 is 21.6 Å². The van der Waals surface area contributed by atoms with Crippen molar-refractivity contribution in [3.63, 3.8) is 0 Å². The van der Waals surface area contributed by atoms with Crippen molar-refractivity contribution in [3.8, 4) is 5.75 Å². The van der Waals surface area contributed by atoms with Crippen molar-refractivity contribution in [2.45, 2.75) is 26.0 Å². The second-order valence-corrected chi connectivity index (χ2v) is 7.18. The Morgan fingerprint density at radius 1 is 1.55 bits per heavy atom. The molecule has 1 aliphatic heterocycles. The maximum Gasteiger partial charge on any atom is 0.121 e. The number of ether oxygens (including phenoxy) is 1. The van der Waals surface area contributed by atoms with E-state index in [0.717, 1.165) is 35.9 Å². The Labute approximate surface area is 134 Å². The molecule has 3 rings (SSSR count). The van der Waals surface area contributed by atoms with Crippen LogP contribution in [-0.2, 0) is 0 Å². The molecule has 0 unspecified atom stereocenters. The minimum atomic E-state index is -0.474. The lowest BCUT2D eigenvalue weighted by atomic mass is 10.2. The average molecular weight is 321 g/mol. The van der Waals surface area contributed by atoms with Crippen LogP contribution >= 0.6 is 11.3 Å². The molecule has 0 saturated carbocycles. The van der Waals surface area contributed by atoms with Crippen molar-refractivity contribution in [1.82, 2.24) is 15.2 Å². The fourth-order valence-electron chi connectivity index (χ4n) is 2.83. The third kappa shape index (κ3) is 3.95. The second-order valence-electron chi connectivity index (χ2n) is 5.94. The van der Waals surface area contributed by atoms with Gasteiger partial charge in [0.1, 0.15) is 18.5 Å². The van der Waals surface area contributed by atoms with Gasteiger partial charge in [0.05, 0.1) is 15.2 Å². The number of piperazine rings is 1. The summed E-state index contributed by atoms with van der Waals surface area (Å²) in [5, 5.41) is 14.6. The number of hydrogen-bond donors (Lipinski definition) is 2.